The summed E-state index contributed by atoms with van der Waals surface area (Å²) >= 11 is 0. The third-order valence-electron chi connectivity index (χ3n) is 3.74. The number of carbonyl (C=O) groups excluding carboxylic acids is 1. The number of aromatic nitrogens is 1. The van der Waals surface area contributed by atoms with E-state index in [1.54, 1.807) is 17.3 Å². The molecule has 0 radical (unpaired) electrons. The fourth-order valence-electron chi connectivity index (χ4n) is 2.61. The first-order valence-corrected chi connectivity index (χ1v) is 8.12. The van der Waals surface area contributed by atoms with Gasteiger partial charge in [-0.2, -0.15) is 0 Å². The van der Waals surface area contributed by atoms with Crippen LogP contribution in [0.15, 0.2) is 18.5 Å². The van der Waals surface area contributed by atoms with Crippen LogP contribution in [0.2, 0.25) is 0 Å². The first kappa shape index (κ1) is 17.5. The number of nitrogens with zero attached hydrogens (tertiary/aromatic N) is 2. The number of carbonyl (C=O) groups is 1. The molecule has 0 saturated carbocycles. The van der Waals surface area contributed by atoms with E-state index in [9.17, 15) is 4.79 Å². The predicted octanol–water partition coefficient (Wildman–Crippen LogP) is 2.57. The molecular weight excluding hydrogens is 294 g/mol. The Morgan fingerprint density at radius 1 is 1.48 bits per heavy atom. The normalized spacial score (nSPS) is 18.6. The van der Waals surface area contributed by atoms with Crippen LogP contribution in [-0.4, -0.2) is 41.3 Å². The van der Waals surface area contributed by atoms with Crippen LogP contribution in [0.25, 0.3) is 0 Å². The van der Waals surface area contributed by atoms with Crippen molar-refractivity contribution in [1.82, 2.24) is 9.88 Å². The fraction of sp³-hybridized carbons (Fsp3) is 0.647. The molecule has 2 N–H and O–H groups in total. The predicted molar refractivity (Wildman–Crippen MR) is 88.2 cm³/mol. The lowest BCUT2D eigenvalue weighted by Gasteiger charge is -2.34. The summed E-state index contributed by atoms with van der Waals surface area (Å²) in [6.45, 7) is 8.02. The first-order chi connectivity index (χ1) is 10.9. The Hall–Kier alpha value is -1.82. The van der Waals surface area contributed by atoms with E-state index >= 15 is 0 Å². The van der Waals surface area contributed by atoms with E-state index in [2.05, 4.69) is 4.98 Å². The molecule has 2 heterocycles. The van der Waals surface area contributed by atoms with Crippen LogP contribution in [-0.2, 0) is 11.3 Å². The van der Waals surface area contributed by atoms with Crippen molar-refractivity contribution in [2.24, 2.45) is 11.7 Å². The second kappa shape index (κ2) is 7.64. The maximum Gasteiger partial charge on any atom is 0.410 e. The number of amides is 1. The van der Waals surface area contributed by atoms with Gasteiger partial charge in [-0.3, -0.25) is 4.98 Å². The highest BCUT2D eigenvalue weighted by atomic mass is 16.6. The number of likely N-dealkylation sites (tertiary alicyclic amines) is 1. The lowest BCUT2D eigenvalue weighted by atomic mass is 9.99. The van der Waals surface area contributed by atoms with Gasteiger partial charge in [0.15, 0.2) is 0 Å². The number of pyridine rings is 1. The lowest BCUT2D eigenvalue weighted by Crippen LogP contribution is -2.44. The molecule has 128 valence electrons. The third kappa shape index (κ3) is 5.39. The maximum absolute atomic E-state index is 12.2. The minimum atomic E-state index is -0.466. The van der Waals surface area contributed by atoms with E-state index < -0.39 is 5.60 Å². The number of hydrogen-bond acceptors (Lipinski definition) is 5. The number of piperidine rings is 1. The smallest absolute Gasteiger partial charge is 0.410 e. The van der Waals surface area contributed by atoms with Crippen molar-refractivity contribution in [3.8, 4) is 5.75 Å². The summed E-state index contributed by atoms with van der Waals surface area (Å²) in [7, 11) is 0. The third-order valence-corrected chi connectivity index (χ3v) is 3.74. The highest BCUT2D eigenvalue weighted by molar-refractivity contribution is 5.68. The van der Waals surface area contributed by atoms with E-state index in [1.807, 2.05) is 26.8 Å². The summed E-state index contributed by atoms with van der Waals surface area (Å²) in [6.07, 6.45) is 5.16. The zero-order valence-corrected chi connectivity index (χ0v) is 14.2. The minimum Gasteiger partial charge on any atom is -0.491 e. The van der Waals surface area contributed by atoms with Crippen molar-refractivity contribution < 1.29 is 14.3 Å². The Morgan fingerprint density at radius 2 is 2.26 bits per heavy atom. The summed E-state index contributed by atoms with van der Waals surface area (Å²) in [5.41, 5.74) is 6.18. The standard InChI is InChI=1S/C17H27N3O3/c1-17(2,3)23-16(21)20-8-4-5-13(11-20)12-22-15-10-19-7-6-14(15)9-18/h6-7,10,13H,4-5,8-9,11-12,18H2,1-3H3. The van der Waals surface area contributed by atoms with Gasteiger partial charge in [-0.05, 0) is 39.7 Å². The molecule has 1 unspecified atom stereocenters. The Labute approximate surface area is 138 Å². The zero-order chi connectivity index (χ0) is 16.9. The first-order valence-electron chi connectivity index (χ1n) is 8.12. The van der Waals surface area contributed by atoms with Crippen molar-refractivity contribution in [3.63, 3.8) is 0 Å². The maximum atomic E-state index is 12.2. The van der Waals surface area contributed by atoms with Gasteiger partial charge in [0, 0.05) is 37.3 Å². The van der Waals surface area contributed by atoms with Gasteiger partial charge in [-0.15, -0.1) is 0 Å². The van der Waals surface area contributed by atoms with Gasteiger partial charge in [0.1, 0.15) is 11.4 Å². The molecule has 0 aliphatic carbocycles. The highest BCUT2D eigenvalue weighted by Gasteiger charge is 2.28. The van der Waals surface area contributed by atoms with Crippen molar-refractivity contribution in [1.29, 1.82) is 0 Å². The van der Waals surface area contributed by atoms with Gasteiger partial charge in [0.05, 0.1) is 12.8 Å². The molecule has 1 aliphatic rings. The van der Waals surface area contributed by atoms with Crippen LogP contribution in [0, 0.1) is 5.92 Å². The van der Waals surface area contributed by atoms with E-state index in [1.165, 1.54) is 0 Å². The highest BCUT2D eigenvalue weighted by Crippen LogP contribution is 2.22. The molecule has 1 amide bonds. The van der Waals surface area contributed by atoms with Crippen LogP contribution in [0.3, 0.4) is 0 Å². The monoisotopic (exact) mass is 321 g/mol. The zero-order valence-electron chi connectivity index (χ0n) is 14.2. The summed E-state index contributed by atoms with van der Waals surface area (Å²) < 4.78 is 11.3. The van der Waals surface area contributed by atoms with Crippen LogP contribution < -0.4 is 10.5 Å². The van der Waals surface area contributed by atoms with E-state index in [-0.39, 0.29) is 6.09 Å². The Kier molecular flexibility index (Phi) is 5.82. The molecule has 0 aromatic carbocycles. The van der Waals surface area contributed by atoms with Gasteiger partial charge in [0.2, 0.25) is 0 Å². The summed E-state index contributed by atoms with van der Waals surface area (Å²) in [6, 6.07) is 1.86. The van der Waals surface area contributed by atoms with Crippen molar-refractivity contribution in [3.05, 3.63) is 24.0 Å². The second-order valence-electron chi connectivity index (χ2n) is 6.93. The number of nitrogens with two attached hydrogens (primary N) is 1. The molecule has 1 aliphatic heterocycles. The average molecular weight is 321 g/mol. The van der Waals surface area contributed by atoms with Crippen LogP contribution in [0.4, 0.5) is 4.79 Å². The van der Waals surface area contributed by atoms with Gasteiger partial charge in [-0.25, -0.2) is 4.79 Å². The summed E-state index contributed by atoms with van der Waals surface area (Å²) in [4.78, 5) is 18.0. The SMILES string of the molecule is CC(C)(C)OC(=O)N1CCCC(COc2cnccc2CN)C1. The second-order valence-corrected chi connectivity index (χ2v) is 6.93. The molecule has 0 spiro atoms. The van der Waals surface area contributed by atoms with E-state index in [0.717, 1.165) is 30.7 Å². The van der Waals surface area contributed by atoms with Gasteiger partial charge >= 0.3 is 6.09 Å². The molecule has 1 aromatic rings. The quantitative estimate of drug-likeness (QED) is 0.922. The van der Waals surface area contributed by atoms with Gasteiger partial charge < -0.3 is 20.1 Å². The molecular formula is C17H27N3O3. The topological polar surface area (TPSA) is 77.7 Å². The Bertz CT molecular complexity index is 528. The fourth-order valence-corrected chi connectivity index (χ4v) is 2.61. The van der Waals surface area contributed by atoms with Crippen molar-refractivity contribution in [2.75, 3.05) is 19.7 Å². The van der Waals surface area contributed by atoms with Crippen LogP contribution in [0.5, 0.6) is 5.75 Å². The van der Waals surface area contributed by atoms with Gasteiger partial charge in [0.25, 0.3) is 0 Å². The summed E-state index contributed by atoms with van der Waals surface area (Å²) in [5, 5.41) is 0. The number of hydrogen-bond donors (Lipinski definition) is 1. The lowest BCUT2D eigenvalue weighted by molar-refractivity contribution is 0.0139. The van der Waals surface area contributed by atoms with E-state index in [4.69, 9.17) is 15.2 Å². The molecule has 2 rings (SSSR count). The Balaban J connectivity index is 1.88. The molecule has 6 heteroatoms. The molecule has 1 atom stereocenters. The van der Waals surface area contributed by atoms with Crippen molar-refractivity contribution in [2.45, 2.75) is 45.8 Å². The van der Waals surface area contributed by atoms with Gasteiger partial charge in [-0.1, -0.05) is 0 Å². The van der Waals surface area contributed by atoms with Crippen molar-refractivity contribution >= 4 is 6.09 Å². The summed E-state index contributed by atoms with van der Waals surface area (Å²) in [5.74, 6) is 1.02. The Morgan fingerprint density at radius 3 is 2.96 bits per heavy atom. The number of rotatable bonds is 4. The molecule has 6 nitrogen and oxygen atoms in total. The largest absolute Gasteiger partial charge is 0.491 e. The van der Waals surface area contributed by atoms with Crippen LogP contribution in [0.1, 0.15) is 39.2 Å². The molecule has 1 fully saturated rings. The number of ether oxygens (including phenoxy) is 2. The average Bonchev–Trinajstić information content (AvgIpc) is 2.52. The molecule has 0 bridgehead atoms. The molecule has 1 saturated heterocycles. The molecule has 1 aromatic heterocycles. The van der Waals surface area contributed by atoms with Crippen LogP contribution >= 0.6 is 0 Å². The minimum absolute atomic E-state index is 0.244. The molecule has 23 heavy (non-hydrogen) atoms. The van der Waals surface area contributed by atoms with E-state index in [0.29, 0.717) is 25.6 Å².